The largest absolute Gasteiger partial charge is 0.288 e. The Balaban J connectivity index is 2.24. The van der Waals surface area contributed by atoms with Crippen molar-refractivity contribution in [2.45, 2.75) is 33.1 Å². The average molecular weight is 310 g/mol. The molecular weight excluding hydrogens is 292 g/mol. The lowest BCUT2D eigenvalue weighted by Gasteiger charge is -2.13. The molecule has 112 valence electrons. The van der Waals surface area contributed by atoms with Gasteiger partial charge in [-0.25, -0.2) is 4.98 Å². The topological polar surface area (TPSA) is 53.8 Å². The molecule has 4 heteroatoms. The van der Waals surface area contributed by atoms with Gasteiger partial charge in [0.2, 0.25) is 0 Å². The van der Waals surface area contributed by atoms with Gasteiger partial charge in [-0.15, -0.1) is 11.3 Å². The number of allylic oxidation sites excluding steroid dienone is 1. The fraction of sp³-hybridized carbons (Fsp3) is 0.278. The van der Waals surface area contributed by atoms with Gasteiger partial charge in [0.1, 0.15) is 0 Å². The Kier molecular flexibility index (Phi) is 4.58. The van der Waals surface area contributed by atoms with Crippen LogP contribution in [0.5, 0.6) is 0 Å². The van der Waals surface area contributed by atoms with Crippen LogP contribution in [0.3, 0.4) is 0 Å². The highest BCUT2D eigenvalue weighted by Crippen LogP contribution is 2.29. The first-order chi connectivity index (χ1) is 10.3. The normalized spacial score (nSPS) is 11.6. The standard InChI is InChI=1S/C18H18N2OS/c1-12-16(22-17(20-12)18(2,3)4)15(21)9-8-13-6-5-7-14(10-13)11-19/h5-10H,1-4H3/b9-8+. The highest BCUT2D eigenvalue weighted by atomic mass is 32.1. The molecule has 0 saturated carbocycles. The Bertz CT molecular complexity index is 773. The lowest BCUT2D eigenvalue weighted by Crippen LogP contribution is -2.10. The van der Waals surface area contributed by atoms with E-state index in [4.69, 9.17) is 5.26 Å². The highest BCUT2D eigenvalue weighted by molar-refractivity contribution is 7.14. The first-order valence-corrected chi connectivity index (χ1v) is 7.83. The smallest absolute Gasteiger partial charge is 0.197 e. The third kappa shape index (κ3) is 3.69. The molecule has 0 radical (unpaired) electrons. The Labute approximate surface area is 134 Å². The van der Waals surface area contributed by atoms with Crippen LogP contribution in [0.2, 0.25) is 0 Å². The summed E-state index contributed by atoms with van der Waals surface area (Å²) < 4.78 is 0. The summed E-state index contributed by atoms with van der Waals surface area (Å²) in [6.07, 6.45) is 3.28. The predicted octanol–water partition coefficient (Wildman–Crippen LogP) is 4.52. The van der Waals surface area contributed by atoms with E-state index in [1.54, 1.807) is 30.4 Å². The summed E-state index contributed by atoms with van der Waals surface area (Å²) in [6, 6.07) is 9.25. The maximum absolute atomic E-state index is 12.4. The second-order valence-electron chi connectivity index (χ2n) is 6.12. The summed E-state index contributed by atoms with van der Waals surface area (Å²) >= 11 is 1.45. The van der Waals surface area contributed by atoms with Gasteiger partial charge in [-0.05, 0) is 30.7 Å². The van der Waals surface area contributed by atoms with Crippen molar-refractivity contribution in [2.24, 2.45) is 0 Å². The minimum atomic E-state index is -0.0567. The summed E-state index contributed by atoms with van der Waals surface area (Å²) in [4.78, 5) is 17.5. The zero-order valence-electron chi connectivity index (χ0n) is 13.2. The van der Waals surface area contributed by atoms with Crippen LogP contribution in [0.4, 0.5) is 0 Å². The maximum Gasteiger partial charge on any atom is 0.197 e. The second kappa shape index (κ2) is 6.25. The van der Waals surface area contributed by atoms with Gasteiger partial charge >= 0.3 is 0 Å². The molecule has 1 heterocycles. The molecule has 3 nitrogen and oxygen atoms in total. The number of ketones is 1. The second-order valence-corrected chi connectivity index (χ2v) is 7.12. The Morgan fingerprint density at radius 3 is 2.68 bits per heavy atom. The van der Waals surface area contributed by atoms with Crippen molar-refractivity contribution in [3.05, 3.63) is 57.0 Å². The Hall–Kier alpha value is -2.25. The van der Waals surface area contributed by atoms with E-state index in [0.717, 1.165) is 16.3 Å². The highest BCUT2D eigenvalue weighted by Gasteiger charge is 2.22. The predicted molar refractivity (Wildman–Crippen MR) is 90.1 cm³/mol. The quantitative estimate of drug-likeness (QED) is 0.619. The number of nitrogens with zero attached hydrogens (tertiary/aromatic N) is 2. The molecule has 0 bridgehead atoms. The molecular formula is C18H18N2OS. The van der Waals surface area contributed by atoms with Gasteiger partial charge in [-0.1, -0.05) is 39.0 Å². The number of carbonyl (C=O) groups is 1. The summed E-state index contributed by atoms with van der Waals surface area (Å²) in [5.74, 6) is -0.0483. The minimum Gasteiger partial charge on any atom is -0.288 e. The number of rotatable bonds is 3. The molecule has 2 aromatic rings. The molecule has 0 spiro atoms. The van der Waals surface area contributed by atoms with E-state index in [-0.39, 0.29) is 11.2 Å². The van der Waals surface area contributed by atoms with E-state index in [1.165, 1.54) is 11.3 Å². The molecule has 0 aliphatic rings. The molecule has 1 aromatic carbocycles. The minimum absolute atomic E-state index is 0.0483. The van der Waals surface area contributed by atoms with Crippen molar-refractivity contribution in [3.63, 3.8) is 0 Å². The fourth-order valence-corrected chi connectivity index (χ4v) is 2.95. The van der Waals surface area contributed by atoms with Gasteiger partial charge in [0.15, 0.2) is 5.78 Å². The molecule has 0 fully saturated rings. The first-order valence-electron chi connectivity index (χ1n) is 7.02. The molecule has 0 N–H and O–H groups in total. The van der Waals surface area contributed by atoms with Crippen molar-refractivity contribution in [2.75, 3.05) is 0 Å². The van der Waals surface area contributed by atoms with Gasteiger partial charge in [-0.2, -0.15) is 5.26 Å². The molecule has 0 aliphatic heterocycles. The third-order valence-electron chi connectivity index (χ3n) is 3.10. The molecule has 0 saturated heterocycles. The van der Waals surface area contributed by atoms with E-state index in [1.807, 2.05) is 13.0 Å². The van der Waals surface area contributed by atoms with Gasteiger partial charge < -0.3 is 0 Å². The maximum atomic E-state index is 12.4. The van der Waals surface area contributed by atoms with Crippen molar-refractivity contribution >= 4 is 23.2 Å². The van der Waals surface area contributed by atoms with Crippen LogP contribution >= 0.6 is 11.3 Å². The van der Waals surface area contributed by atoms with E-state index < -0.39 is 0 Å². The number of hydrogen-bond acceptors (Lipinski definition) is 4. The number of carbonyl (C=O) groups excluding carboxylic acids is 1. The summed E-state index contributed by atoms with van der Waals surface area (Å²) in [5.41, 5.74) is 2.14. The Morgan fingerprint density at radius 1 is 1.36 bits per heavy atom. The van der Waals surface area contributed by atoms with Gasteiger partial charge in [0, 0.05) is 5.41 Å². The van der Waals surface area contributed by atoms with Crippen molar-refractivity contribution in [3.8, 4) is 6.07 Å². The molecule has 0 aliphatic carbocycles. The van der Waals surface area contributed by atoms with Gasteiger partial charge in [-0.3, -0.25) is 4.79 Å². The van der Waals surface area contributed by atoms with E-state index in [9.17, 15) is 4.79 Å². The van der Waals surface area contributed by atoms with Crippen LogP contribution in [0.25, 0.3) is 6.08 Å². The number of hydrogen-bond donors (Lipinski definition) is 0. The average Bonchev–Trinajstić information content (AvgIpc) is 2.87. The third-order valence-corrected chi connectivity index (χ3v) is 4.70. The summed E-state index contributed by atoms with van der Waals surface area (Å²) in [7, 11) is 0. The first kappa shape index (κ1) is 16.1. The van der Waals surface area contributed by atoms with Gasteiger partial charge in [0.25, 0.3) is 0 Å². The number of benzene rings is 1. The number of aromatic nitrogens is 1. The van der Waals surface area contributed by atoms with E-state index in [0.29, 0.717) is 10.4 Å². The molecule has 0 amide bonds. The monoisotopic (exact) mass is 310 g/mol. The van der Waals surface area contributed by atoms with Crippen LogP contribution in [-0.2, 0) is 5.41 Å². The summed E-state index contributed by atoms with van der Waals surface area (Å²) in [5, 5.41) is 9.85. The molecule has 2 rings (SSSR count). The van der Waals surface area contributed by atoms with Crippen LogP contribution in [0, 0.1) is 18.3 Å². The molecule has 0 unspecified atom stereocenters. The lowest BCUT2D eigenvalue weighted by atomic mass is 9.98. The molecule has 22 heavy (non-hydrogen) atoms. The van der Waals surface area contributed by atoms with E-state index >= 15 is 0 Å². The number of nitriles is 1. The van der Waals surface area contributed by atoms with Crippen molar-refractivity contribution < 1.29 is 4.79 Å². The van der Waals surface area contributed by atoms with Crippen LogP contribution in [0.15, 0.2) is 30.3 Å². The SMILES string of the molecule is Cc1nc(C(C)(C)C)sc1C(=O)/C=C/c1cccc(C#N)c1. The van der Waals surface area contributed by atoms with Crippen LogP contribution in [0.1, 0.15) is 52.3 Å². The van der Waals surface area contributed by atoms with Crippen molar-refractivity contribution in [1.82, 2.24) is 4.98 Å². The summed E-state index contributed by atoms with van der Waals surface area (Å²) in [6.45, 7) is 8.12. The van der Waals surface area contributed by atoms with Crippen LogP contribution < -0.4 is 0 Å². The lowest BCUT2D eigenvalue weighted by molar-refractivity contribution is 0.105. The van der Waals surface area contributed by atoms with Gasteiger partial charge in [0.05, 0.1) is 27.2 Å². The zero-order valence-corrected chi connectivity index (χ0v) is 14.0. The number of thiazole rings is 1. The van der Waals surface area contributed by atoms with E-state index in [2.05, 4.69) is 31.8 Å². The molecule has 0 atom stereocenters. The number of aryl methyl sites for hydroxylation is 1. The van der Waals surface area contributed by atoms with Crippen molar-refractivity contribution in [1.29, 1.82) is 5.26 Å². The zero-order chi connectivity index (χ0) is 16.3. The Morgan fingerprint density at radius 2 is 2.09 bits per heavy atom. The molecule has 1 aromatic heterocycles. The van der Waals surface area contributed by atoms with Crippen LogP contribution in [-0.4, -0.2) is 10.8 Å². The fourth-order valence-electron chi connectivity index (χ4n) is 1.91.